The Bertz CT molecular complexity index is 826. The number of halogens is 1. The van der Waals surface area contributed by atoms with E-state index in [4.69, 9.17) is 16.3 Å². The van der Waals surface area contributed by atoms with Gasteiger partial charge in [0.1, 0.15) is 5.75 Å². The molecule has 0 amide bonds. The van der Waals surface area contributed by atoms with E-state index in [2.05, 4.69) is 49.9 Å². The first-order valence-electron chi connectivity index (χ1n) is 11.1. The van der Waals surface area contributed by atoms with Crippen molar-refractivity contribution in [3.8, 4) is 5.75 Å². The van der Waals surface area contributed by atoms with E-state index in [0.29, 0.717) is 34.7 Å². The van der Waals surface area contributed by atoms with Crippen LogP contribution in [-0.4, -0.2) is 60.2 Å². The molecule has 8 nitrogen and oxygen atoms in total. The number of ether oxygens (including phenoxy) is 1. The van der Waals surface area contributed by atoms with Crippen molar-refractivity contribution in [2.75, 3.05) is 50.2 Å². The Balaban J connectivity index is 1.75. The number of benzene rings is 1. The molecule has 3 rings (SSSR count). The molecular weight excluding hydrogens is 414 g/mol. The van der Waals surface area contributed by atoms with Crippen molar-refractivity contribution < 1.29 is 4.74 Å². The Labute approximate surface area is 190 Å². The summed E-state index contributed by atoms with van der Waals surface area (Å²) in [6.07, 6.45) is 8.39. The number of rotatable bonds is 10. The summed E-state index contributed by atoms with van der Waals surface area (Å²) in [6.45, 7) is 1.79. The molecule has 2 aromatic rings. The van der Waals surface area contributed by atoms with Gasteiger partial charge in [-0.1, -0.05) is 37.3 Å². The van der Waals surface area contributed by atoms with E-state index in [9.17, 15) is 0 Å². The molecule has 9 heteroatoms. The molecule has 0 spiro atoms. The summed E-state index contributed by atoms with van der Waals surface area (Å²) in [7, 11) is 5.74. The molecule has 0 aliphatic heterocycles. The third-order valence-corrected chi connectivity index (χ3v) is 5.59. The van der Waals surface area contributed by atoms with E-state index in [0.717, 1.165) is 38.0 Å². The lowest BCUT2D eigenvalue weighted by molar-refractivity contribution is 0.405. The molecule has 170 valence electrons. The van der Waals surface area contributed by atoms with Crippen molar-refractivity contribution in [3.05, 3.63) is 23.2 Å². The van der Waals surface area contributed by atoms with Gasteiger partial charge in [0.05, 0.1) is 12.1 Å². The molecule has 1 fully saturated rings. The topological polar surface area (TPSA) is 87.2 Å². The lowest BCUT2D eigenvalue weighted by Crippen LogP contribution is -2.21. The maximum absolute atomic E-state index is 6.27. The van der Waals surface area contributed by atoms with Crippen LogP contribution >= 0.6 is 11.6 Å². The van der Waals surface area contributed by atoms with Crippen LogP contribution in [0.1, 0.15) is 44.9 Å². The van der Waals surface area contributed by atoms with Gasteiger partial charge in [-0.05, 0) is 58.1 Å². The van der Waals surface area contributed by atoms with Gasteiger partial charge in [0.25, 0.3) is 0 Å². The first-order chi connectivity index (χ1) is 15.0. The molecule has 0 saturated heterocycles. The Hall–Kier alpha value is -2.32. The zero-order valence-electron chi connectivity index (χ0n) is 18.7. The number of hydrogen-bond donors (Lipinski definition) is 3. The van der Waals surface area contributed by atoms with Crippen LogP contribution in [0, 0.1) is 0 Å². The Kier molecular flexibility index (Phi) is 8.97. The molecule has 0 unspecified atom stereocenters. The van der Waals surface area contributed by atoms with Gasteiger partial charge >= 0.3 is 0 Å². The number of nitrogens with one attached hydrogen (secondary N) is 3. The average Bonchev–Trinajstić information content (AvgIpc) is 3.00. The van der Waals surface area contributed by atoms with Gasteiger partial charge < -0.3 is 25.6 Å². The highest BCUT2D eigenvalue weighted by atomic mass is 35.5. The van der Waals surface area contributed by atoms with Crippen molar-refractivity contribution in [2.24, 2.45) is 0 Å². The fraction of sp³-hybridized carbons (Fsp3) is 0.591. The van der Waals surface area contributed by atoms with Gasteiger partial charge in [-0.2, -0.15) is 15.0 Å². The monoisotopic (exact) mass is 447 g/mol. The molecule has 1 aromatic carbocycles. The Morgan fingerprint density at radius 2 is 1.74 bits per heavy atom. The van der Waals surface area contributed by atoms with Crippen LogP contribution in [0.15, 0.2) is 18.2 Å². The van der Waals surface area contributed by atoms with E-state index in [1.54, 1.807) is 13.2 Å². The molecule has 0 atom stereocenters. The van der Waals surface area contributed by atoms with Crippen LogP contribution in [0.4, 0.5) is 23.5 Å². The lowest BCUT2D eigenvalue weighted by Gasteiger charge is -2.18. The zero-order chi connectivity index (χ0) is 22.1. The number of nitrogens with zero attached hydrogens (tertiary/aromatic N) is 4. The second-order valence-corrected chi connectivity index (χ2v) is 8.60. The maximum Gasteiger partial charge on any atom is 0.233 e. The van der Waals surface area contributed by atoms with E-state index >= 15 is 0 Å². The van der Waals surface area contributed by atoms with Gasteiger partial charge in [-0.25, -0.2) is 0 Å². The molecular formula is C22H34ClN7O. The van der Waals surface area contributed by atoms with E-state index in [1.807, 2.05) is 12.1 Å². The van der Waals surface area contributed by atoms with Crippen LogP contribution in [0.3, 0.4) is 0 Å². The van der Waals surface area contributed by atoms with E-state index in [1.165, 1.54) is 25.7 Å². The van der Waals surface area contributed by atoms with Gasteiger partial charge in [0, 0.05) is 18.3 Å². The van der Waals surface area contributed by atoms with E-state index < -0.39 is 0 Å². The number of aromatic nitrogens is 3. The highest BCUT2D eigenvalue weighted by Crippen LogP contribution is 2.28. The van der Waals surface area contributed by atoms with Crippen molar-refractivity contribution in [2.45, 2.75) is 51.0 Å². The van der Waals surface area contributed by atoms with Crippen LogP contribution in [-0.2, 0) is 0 Å². The average molecular weight is 448 g/mol. The van der Waals surface area contributed by atoms with E-state index in [-0.39, 0.29) is 0 Å². The molecule has 3 N–H and O–H groups in total. The number of methoxy groups -OCH3 is 1. The summed E-state index contributed by atoms with van der Waals surface area (Å²) >= 11 is 6.27. The summed E-state index contributed by atoms with van der Waals surface area (Å²) in [5.41, 5.74) is 0.788. The Morgan fingerprint density at radius 1 is 1.03 bits per heavy atom. The van der Waals surface area contributed by atoms with Crippen molar-refractivity contribution in [3.63, 3.8) is 0 Å². The fourth-order valence-corrected chi connectivity index (χ4v) is 3.91. The van der Waals surface area contributed by atoms with Crippen molar-refractivity contribution >= 4 is 35.1 Å². The normalized spacial score (nSPS) is 14.9. The van der Waals surface area contributed by atoms with Gasteiger partial charge in [0.15, 0.2) is 0 Å². The minimum Gasteiger partial charge on any atom is -0.495 e. The van der Waals surface area contributed by atoms with Crippen LogP contribution in [0.5, 0.6) is 5.75 Å². The highest BCUT2D eigenvalue weighted by Gasteiger charge is 2.15. The molecule has 1 aliphatic rings. The summed E-state index contributed by atoms with van der Waals surface area (Å²) in [4.78, 5) is 16.0. The van der Waals surface area contributed by atoms with Gasteiger partial charge in [-0.3, -0.25) is 0 Å². The predicted molar refractivity (Wildman–Crippen MR) is 128 cm³/mol. The molecule has 1 saturated carbocycles. The highest BCUT2D eigenvalue weighted by molar-refractivity contribution is 6.32. The van der Waals surface area contributed by atoms with Crippen LogP contribution in [0.2, 0.25) is 5.02 Å². The second-order valence-electron chi connectivity index (χ2n) is 8.20. The van der Waals surface area contributed by atoms with Crippen LogP contribution < -0.4 is 20.7 Å². The molecule has 1 aromatic heterocycles. The largest absolute Gasteiger partial charge is 0.495 e. The van der Waals surface area contributed by atoms with Gasteiger partial charge in [0.2, 0.25) is 17.8 Å². The molecule has 1 aliphatic carbocycles. The second kappa shape index (κ2) is 11.9. The molecule has 0 bridgehead atoms. The van der Waals surface area contributed by atoms with Crippen LogP contribution in [0.25, 0.3) is 0 Å². The maximum atomic E-state index is 6.27. The summed E-state index contributed by atoms with van der Waals surface area (Å²) < 4.78 is 5.23. The quantitative estimate of drug-likeness (QED) is 0.354. The first-order valence-corrected chi connectivity index (χ1v) is 11.4. The summed E-state index contributed by atoms with van der Waals surface area (Å²) in [5, 5.41) is 10.6. The molecule has 31 heavy (non-hydrogen) atoms. The number of anilines is 4. The lowest BCUT2D eigenvalue weighted by atomic mass is 10.1. The predicted octanol–water partition coefficient (Wildman–Crippen LogP) is 4.78. The van der Waals surface area contributed by atoms with Crippen molar-refractivity contribution in [1.29, 1.82) is 0 Å². The summed E-state index contributed by atoms with van der Waals surface area (Å²) in [5.74, 6) is 2.26. The third-order valence-electron chi connectivity index (χ3n) is 5.30. The third kappa shape index (κ3) is 7.70. The minimum atomic E-state index is 0.398. The molecule has 1 heterocycles. The van der Waals surface area contributed by atoms with Crippen molar-refractivity contribution in [1.82, 2.24) is 19.9 Å². The smallest absolute Gasteiger partial charge is 0.233 e. The standard InChI is InChI=1S/C22H34ClN7O/c1-30(2)14-8-13-24-20-27-21(25-16-9-6-4-5-7-10-16)29-22(28-20)26-17-11-12-19(31-3)18(23)15-17/h11-12,15-16H,4-10,13-14H2,1-3H3,(H3,24,25,26,27,28,29). The fourth-order valence-electron chi connectivity index (χ4n) is 3.65. The summed E-state index contributed by atoms with van der Waals surface area (Å²) in [6, 6.07) is 5.90. The number of hydrogen-bond acceptors (Lipinski definition) is 8. The minimum absolute atomic E-state index is 0.398. The molecule has 0 radical (unpaired) electrons. The zero-order valence-corrected chi connectivity index (χ0v) is 19.5. The SMILES string of the molecule is COc1ccc(Nc2nc(NCCCN(C)C)nc(NC3CCCCCC3)n2)cc1Cl. The van der Waals surface area contributed by atoms with Gasteiger partial charge in [-0.15, -0.1) is 0 Å². The Morgan fingerprint density at radius 3 is 2.42 bits per heavy atom. The first kappa shape index (κ1) is 23.3.